The van der Waals surface area contributed by atoms with E-state index in [2.05, 4.69) is 16.0 Å². The number of nitrogens with two attached hydrogens (primary N) is 2. The Hall–Kier alpha value is -2.69. The summed E-state index contributed by atoms with van der Waals surface area (Å²) in [7, 11) is 0. The van der Waals surface area contributed by atoms with Crippen LogP contribution in [-0.2, 0) is 24.0 Å². The summed E-state index contributed by atoms with van der Waals surface area (Å²) >= 11 is 0. The van der Waals surface area contributed by atoms with Crippen molar-refractivity contribution >= 4 is 29.6 Å². The summed E-state index contributed by atoms with van der Waals surface area (Å²) in [4.78, 5) is 60.6. The number of hydrogen-bond acceptors (Lipinski definition) is 6. The number of carboxylic acids is 1. The quantitative estimate of drug-likeness (QED) is 0.212. The fraction of sp³-hybridized carbons (Fsp3) is 0.750. The lowest BCUT2D eigenvalue weighted by molar-refractivity contribution is -0.143. The van der Waals surface area contributed by atoms with Gasteiger partial charge in [0.15, 0.2) is 0 Å². The van der Waals surface area contributed by atoms with E-state index >= 15 is 0 Å². The molecule has 0 aromatic rings. The lowest BCUT2D eigenvalue weighted by atomic mass is 9.99. The van der Waals surface area contributed by atoms with E-state index in [0.717, 1.165) is 0 Å². The van der Waals surface area contributed by atoms with Crippen LogP contribution in [0.25, 0.3) is 0 Å². The third kappa shape index (κ3) is 10.3. The average molecular weight is 444 g/mol. The van der Waals surface area contributed by atoms with Gasteiger partial charge in [0.05, 0.1) is 12.5 Å². The molecule has 0 aliphatic heterocycles. The van der Waals surface area contributed by atoms with E-state index in [9.17, 15) is 29.1 Å². The number of carbonyl (C=O) groups excluding carboxylic acids is 4. The van der Waals surface area contributed by atoms with Gasteiger partial charge >= 0.3 is 5.97 Å². The molecule has 4 amide bonds. The van der Waals surface area contributed by atoms with Gasteiger partial charge in [-0.05, 0) is 24.2 Å². The SMILES string of the molecule is CC(C)CC(NC(=O)C(CC(N)=O)NC(=O)C(N)C(C)C)C(=O)NC(C(=O)O)C(C)C. The predicted octanol–water partition coefficient (Wildman–Crippen LogP) is -0.914. The van der Waals surface area contributed by atoms with E-state index < -0.39 is 60.2 Å². The molecule has 0 saturated carbocycles. The highest BCUT2D eigenvalue weighted by Crippen LogP contribution is 2.09. The Morgan fingerprint density at radius 3 is 1.65 bits per heavy atom. The van der Waals surface area contributed by atoms with Crippen LogP contribution in [0.3, 0.4) is 0 Å². The van der Waals surface area contributed by atoms with Crippen LogP contribution in [0.5, 0.6) is 0 Å². The van der Waals surface area contributed by atoms with Crippen molar-refractivity contribution < 1.29 is 29.1 Å². The molecule has 0 saturated heterocycles. The second kappa shape index (κ2) is 12.9. The molecule has 0 aromatic heterocycles. The Labute approximate surface area is 183 Å². The molecule has 11 nitrogen and oxygen atoms in total. The fourth-order valence-electron chi connectivity index (χ4n) is 2.72. The average Bonchev–Trinajstić information content (AvgIpc) is 2.62. The van der Waals surface area contributed by atoms with Gasteiger partial charge in [0.2, 0.25) is 23.6 Å². The number of amides is 4. The van der Waals surface area contributed by atoms with Gasteiger partial charge in [0.25, 0.3) is 0 Å². The van der Waals surface area contributed by atoms with Crippen molar-refractivity contribution in [1.29, 1.82) is 0 Å². The largest absolute Gasteiger partial charge is 0.480 e. The maximum Gasteiger partial charge on any atom is 0.326 e. The molecular weight excluding hydrogens is 406 g/mol. The molecule has 0 rings (SSSR count). The van der Waals surface area contributed by atoms with Gasteiger partial charge in [-0.15, -0.1) is 0 Å². The van der Waals surface area contributed by atoms with Crippen LogP contribution < -0.4 is 27.4 Å². The minimum atomic E-state index is -1.32. The van der Waals surface area contributed by atoms with Crippen molar-refractivity contribution in [2.75, 3.05) is 0 Å². The molecule has 0 fully saturated rings. The number of nitrogens with one attached hydrogen (secondary N) is 3. The summed E-state index contributed by atoms with van der Waals surface area (Å²) < 4.78 is 0. The van der Waals surface area contributed by atoms with E-state index in [1.807, 2.05) is 13.8 Å². The third-order valence-corrected chi connectivity index (χ3v) is 4.63. The molecule has 0 aliphatic rings. The highest BCUT2D eigenvalue weighted by molar-refractivity contribution is 5.96. The summed E-state index contributed by atoms with van der Waals surface area (Å²) in [6, 6.07) is -4.43. The maximum atomic E-state index is 12.8. The Balaban J connectivity index is 5.54. The van der Waals surface area contributed by atoms with Crippen LogP contribution in [0.4, 0.5) is 0 Å². The molecule has 31 heavy (non-hydrogen) atoms. The smallest absolute Gasteiger partial charge is 0.326 e. The Kier molecular flexibility index (Phi) is 11.8. The van der Waals surface area contributed by atoms with Crippen molar-refractivity contribution in [2.24, 2.45) is 29.2 Å². The molecule has 4 unspecified atom stereocenters. The first kappa shape index (κ1) is 28.3. The highest BCUT2D eigenvalue weighted by Gasteiger charge is 2.32. The van der Waals surface area contributed by atoms with E-state index in [1.54, 1.807) is 27.7 Å². The molecule has 178 valence electrons. The summed E-state index contributed by atoms with van der Waals surface area (Å²) in [6.45, 7) is 10.4. The highest BCUT2D eigenvalue weighted by atomic mass is 16.4. The Morgan fingerprint density at radius 1 is 0.774 bits per heavy atom. The molecular formula is C20H37N5O6. The van der Waals surface area contributed by atoms with Crippen LogP contribution in [0.2, 0.25) is 0 Å². The summed E-state index contributed by atoms with van der Waals surface area (Å²) in [5.74, 6) is -4.72. The van der Waals surface area contributed by atoms with Crippen molar-refractivity contribution in [2.45, 2.75) is 78.6 Å². The van der Waals surface area contributed by atoms with Crippen LogP contribution in [0.15, 0.2) is 0 Å². The van der Waals surface area contributed by atoms with Crippen molar-refractivity contribution in [3.63, 3.8) is 0 Å². The number of carboxylic acid groups (broad SMARTS) is 1. The van der Waals surface area contributed by atoms with Gasteiger partial charge in [0.1, 0.15) is 18.1 Å². The van der Waals surface area contributed by atoms with Crippen molar-refractivity contribution in [3.05, 3.63) is 0 Å². The minimum Gasteiger partial charge on any atom is -0.480 e. The van der Waals surface area contributed by atoms with Crippen LogP contribution in [-0.4, -0.2) is 58.9 Å². The van der Waals surface area contributed by atoms with E-state index in [-0.39, 0.29) is 24.2 Å². The molecule has 0 heterocycles. The standard InChI is InChI=1S/C20H37N5O6/c1-9(2)7-12(18(28)25-16(11(5)6)20(30)31)23-17(27)13(8-14(21)26)24-19(29)15(22)10(3)4/h9-13,15-16H,7-8,22H2,1-6H3,(H2,21,26)(H,23,27)(H,24,29)(H,25,28)(H,30,31). The lowest BCUT2D eigenvalue weighted by Gasteiger charge is -2.26. The molecule has 0 aliphatic carbocycles. The fourth-order valence-corrected chi connectivity index (χ4v) is 2.72. The summed E-state index contributed by atoms with van der Waals surface area (Å²) in [6.07, 6.45) is -0.271. The van der Waals surface area contributed by atoms with Crippen LogP contribution in [0.1, 0.15) is 54.4 Å². The second-order valence-electron chi connectivity index (χ2n) is 8.76. The second-order valence-corrected chi connectivity index (χ2v) is 8.76. The first-order chi connectivity index (χ1) is 14.2. The normalized spacial score (nSPS) is 15.2. The van der Waals surface area contributed by atoms with Gasteiger partial charge in [-0.2, -0.15) is 0 Å². The van der Waals surface area contributed by atoms with Gasteiger partial charge in [-0.1, -0.05) is 41.5 Å². The molecule has 8 N–H and O–H groups in total. The molecule has 0 spiro atoms. The molecule has 4 atom stereocenters. The van der Waals surface area contributed by atoms with Gasteiger partial charge < -0.3 is 32.5 Å². The van der Waals surface area contributed by atoms with E-state index in [4.69, 9.17) is 11.5 Å². The first-order valence-corrected chi connectivity index (χ1v) is 10.3. The molecule has 0 aromatic carbocycles. The number of aliphatic carboxylic acids is 1. The first-order valence-electron chi connectivity index (χ1n) is 10.3. The van der Waals surface area contributed by atoms with Crippen molar-refractivity contribution in [1.82, 2.24) is 16.0 Å². The summed E-state index contributed by atoms with van der Waals surface area (Å²) in [5, 5.41) is 16.6. The molecule has 11 heteroatoms. The van der Waals surface area contributed by atoms with Gasteiger partial charge in [-0.25, -0.2) is 4.79 Å². The lowest BCUT2D eigenvalue weighted by Crippen LogP contribution is -2.58. The number of rotatable bonds is 13. The van der Waals surface area contributed by atoms with Crippen LogP contribution >= 0.6 is 0 Å². The van der Waals surface area contributed by atoms with Gasteiger partial charge in [-0.3, -0.25) is 19.2 Å². The molecule has 0 bridgehead atoms. The number of carbonyl (C=O) groups is 5. The predicted molar refractivity (Wildman–Crippen MR) is 114 cm³/mol. The topological polar surface area (TPSA) is 194 Å². The monoisotopic (exact) mass is 443 g/mol. The minimum absolute atomic E-state index is 0.0167. The maximum absolute atomic E-state index is 12.8. The van der Waals surface area contributed by atoms with Crippen LogP contribution in [0, 0.1) is 17.8 Å². The van der Waals surface area contributed by atoms with E-state index in [0.29, 0.717) is 0 Å². The summed E-state index contributed by atoms with van der Waals surface area (Å²) in [5.41, 5.74) is 11.0. The van der Waals surface area contributed by atoms with E-state index in [1.165, 1.54) is 0 Å². The number of hydrogen-bond donors (Lipinski definition) is 6. The van der Waals surface area contributed by atoms with Crippen molar-refractivity contribution in [3.8, 4) is 0 Å². The third-order valence-electron chi connectivity index (χ3n) is 4.63. The Bertz CT molecular complexity index is 664. The zero-order chi connectivity index (χ0) is 24.5. The van der Waals surface area contributed by atoms with Gasteiger partial charge in [0, 0.05) is 0 Å². The number of primary amides is 1. The zero-order valence-corrected chi connectivity index (χ0v) is 19.1. The Morgan fingerprint density at radius 2 is 1.26 bits per heavy atom. The molecule has 0 radical (unpaired) electrons. The zero-order valence-electron chi connectivity index (χ0n) is 19.1.